The molecule has 128 valence electrons. The minimum absolute atomic E-state index is 0.000366. The Morgan fingerprint density at radius 3 is 2.74 bits per heavy atom. The molecule has 2 aromatic heterocycles. The predicted octanol–water partition coefficient (Wildman–Crippen LogP) is 1.92. The van der Waals surface area contributed by atoms with Gasteiger partial charge in [-0.25, -0.2) is 22.2 Å². The van der Waals surface area contributed by atoms with E-state index in [0.717, 1.165) is 28.6 Å². The maximum atomic E-state index is 11.7. The van der Waals surface area contributed by atoms with E-state index in [0.29, 0.717) is 13.1 Å². The lowest BCUT2D eigenvalue weighted by Crippen LogP contribution is -2.44. The molecule has 23 heavy (non-hydrogen) atoms. The summed E-state index contributed by atoms with van der Waals surface area (Å²) < 4.78 is 26.7. The second kappa shape index (κ2) is 5.71. The van der Waals surface area contributed by atoms with Gasteiger partial charge in [-0.15, -0.1) is 5.10 Å². The van der Waals surface area contributed by atoms with Crippen molar-refractivity contribution in [2.75, 3.05) is 24.7 Å². The zero-order valence-corrected chi connectivity index (χ0v) is 15.5. The fourth-order valence-corrected chi connectivity index (χ4v) is 4.43. The molecule has 0 bridgehead atoms. The third-order valence-corrected chi connectivity index (χ3v) is 6.12. The van der Waals surface area contributed by atoms with Crippen LogP contribution >= 0.6 is 11.3 Å². The standard InChI is InChI=1S/C14H23N5O2S2/c1-14(2,3)11-9-19-13(16-11)22-12(17-19)15-10-6-5-7-18(8-10)23(4,20)21/h9-10H,5-8H2,1-4H3,(H,15,17). The summed E-state index contributed by atoms with van der Waals surface area (Å²) in [7, 11) is -3.13. The number of nitrogens with zero attached hydrogens (tertiary/aromatic N) is 4. The first kappa shape index (κ1) is 16.7. The smallest absolute Gasteiger partial charge is 0.214 e. The maximum Gasteiger partial charge on any atom is 0.214 e. The third-order valence-electron chi connectivity index (χ3n) is 3.99. The monoisotopic (exact) mass is 357 g/mol. The zero-order chi connectivity index (χ0) is 16.8. The van der Waals surface area contributed by atoms with Crippen molar-refractivity contribution >= 4 is 31.5 Å². The lowest BCUT2D eigenvalue weighted by molar-refractivity contribution is 0.329. The number of imidazole rings is 1. The Morgan fingerprint density at radius 1 is 1.39 bits per heavy atom. The molecule has 0 saturated carbocycles. The minimum Gasteiger partial charge on any atom is -0.356 e. The van der Waals surface area contributed by atoms with E-state index in [2.05, 4.69) is 36.2 Å². The second-order valence-electron chi connectivity index (χ2n) is 7.11. The summed E-state index contributed by atoms with van der Waals surface area (Å²) in [5.74, 6) is 0. The van der Waals surface area contributed by atoms with Crippen LogP contribution in [0.25, 0.3) is 4.96 Å². The van der Waals surface area contributed by atoms with Crippen molar-refractivity contribution in [3.05, 3.63) is 11.9 Å². The largest absolute Gasteiger partial charge is 0.356 e. The molecule has 2 aromatic rings. The molecular weight excluding hydrogens is 334 g/mol. The molecular formula is C14H23N5O2S2. The van der Waals surface area contributed by atoms with Crippen molar-refractivity contribution < 1.29 is 8.42 Å². The molecule has 1 aliphatic rings. The number of rotatable bonds is 3. The van der Waals surface area contributed by atoms with Crippen molar-refractivity contribution in [1.29, 1.82) is 0 Å². The van der Waals surface area contributed by atoms with E-state index >= 15 is 0 Å². The fourth-order valence-electron chi connectivity index (χ4n) is 2.66. The van der Waals surface area contributed by atoms with E-state index < -0.39 is 10.0 Å². The molecule has 0 radical (unpaired) electrons. The normalized spacial score (nSPS) is 21.0. The average molecular weight is 358 g/mol. The van der Waals surface area contributed by atoms with Crippen LogP contribution in [0.2, 0.25) is 0 Å². The van der Waals surface area contributed by atoms with Crippen LogP contribution in [0.4, 0.5) is 5.13 Å². The molecule has 1 aliphatic heterocycles. The van der Waals surface area contributed by atoms with Crippen LogP contribution in [0.3, 0.4) is 0 Å². The summed E-state index contributed by atoms with van der Waals surface area (Å²) in [6, 6.07) is 0.0939. The first-order valence-corrected chi connectivity index (χ1v) is 10.4. The van der Waals surface area contributed by atoms with E-state index in [4.69, 9.17) is 0 Å². The number of nitrogens with one attached hydrogen (secondary N) is 1. The van der Waals surface area contributed by atoms with Gasteiger partial charge < -0.3 is 5.32 Å². The average Bonchev–Trinajstić information content (AvgIpc) is 2.95. The Bertz CT molecular complexity index is 771. The van der Waals surface area contributed by atoms with Gasteiger partial charge in [0.1, 0.15) is 0 Å². The van der Waals surface area contributed by atoms with Gasteiger partial charge in [0.25, 0.3) is 0 Å². The van der Waals surface area contributed by atoms with Crippen molar-refractivity contribution in [3.8, 4) is 0 Å². The fraction of sp³-hybridized carbons (Fsp3) is 0.714. The summed E-state index contributed by atoms with van der Waals surface area (Å²) in [5, 5.41) is 8.66. The molecule has 1 atom stereocenters. The van der Waals surface area contributed by atoms with Crippen molar-refractivity contribution in [2.24, 2.45) is 0 Å². The van der Waals surface area contributed by atoms with E-state index in [9.17, 15) is 8.42 Å². The van der Waals surface area contributed by atoms with Gasteiger partial charge in [-0.05, 0) is 12.8 Å². The molecule has 0 aromatic carbocycles. The number of anilines is 1. The minimum atomic E-state index is -3.13. The number of fused-ring (bicyclic) bond motifs is 1. The molecule has 3 heterocycles. The Kier molecular flexibility index (Phi) is 4.14. The van der Waals surface area contributed by atoms with Gasteiger partial charge in [0.15, 0.2) is 0 Å². The number of hydrogen-bond donors (Lipinski definition) is 1. The van der Waals surface area contributed by atoms with Crippen LogP contribution in [-0.2, 0) is 15.4 Å². The molecule has 0 amide bonds. The molecule has 1 fully saturated rings. The number of aromatic nitrogens is 3. The molecule has 3 rings (SSSR count). The van der Waals surface area contributed by atoms with Crippen LogP contribution in [0.1, 0.15) is 39.3 Å². The second-order valence-corrected chi connectivity index (χ2v) is 10.1. The summed E-state index contributed by atoms with van der Waals surface area (Å²) in [6.45, 7) is 7.47. The number of sulfonamides is 1. The molecule has 7 nitrogen and oxygen atoms in total. The Balaban J connectivity index is 1.73. The van der Waals surface area contributed by atoms with E-state index in [1.165, 1.54) is 21.9 Å². The highest BCUT2D eigenvalue weighted by Crippen LogP contribution is 2.27. The van der Waals surface area contributed by atoms with Gasteiger partial charge in [0.2, 0.25) is 20.1 Å². The molecule has 0 aliphatic carbocycles. The predicted molar refractivity (Wildman–Crippen MR) is 92.6 cm³/mol. The summed E-state index contributed by atoms with van der Waals surface area (Å²) in [5.41, 5.74) is 1.02. The maximum absolute atomic E-state index is 11.7. The Morgan fingerprint density at radius 2 is 2.13 bits per heavy atom. The molecule has 1 saturated heterocycles. The van der Waals surface area contributed by atoms with Crippen LogP contribution in [-0.4, -0.2) is 52.7 Å². The lowest BCUT2D eigenvalue weighted by Gasteiger charge is -2.31. The summed E-state index contributed by atoms with van der Waals surface area (Å²) >= 11 is 1.50. The van der Waals surface area contributed by atoms with Crippen molar-refractivity contribution in [1.82, 2.24) is 18.9 Å². The Hall–Kier alpha value is -1.19. The van der Waals surface area contributed by atoms with Crippen molar-refractivity contribution in [2.45, 2.75) is 45.1 Å². The highest BCUT2D eigenvalue weighted by molar-refractivity contribution is 7.88. The highest BCUT2D eigenvalue weighted by Gasteiger charge is 2.26. The van der Waals surface area contributed by atoms with Gasteiger partial charge in [-0.3, -0.25) is 0 Å². The van der Waals surface area contributed by atoms with Gasteiger partial charge in [0.05, 0.1) is 18.1 Å². The zero-order valence-electron chi connectivity index (χ0n) is 13.9. The molecule has 1 N–H and O–H groups in total. The van der Waals surface area contributed by atoms with E-state index in [1.54, 1.807) is 4.52 Å². The SMILES string of the molecule is CC(C)(C)c1cn2nc(NC3CCCN(S(C)(=O)=O)C3)sc2n1. The topological polar surface area (TPSA) is 79.6 Å². The van der Waals surface area contributed by atoms with E-state index in [1.807, 2.05) is 6.20 Å². The molecule has 0 spiro atoms. The first-order valence-electron chi connectivity index (χ1n) is 7.71. The first-order chi connectivity index (χ1) is 10.6. The number of hydrogen-bond acceptors (Lipinski definition) is 6. The van der Waals surface area contributed by atoms with Crippen LogP contribution in [0, 0.1) is 0 Å². The lowest BCUT2D eigenvalue weighted by atomic mass is 9.93. The van der Waals surface area contributed by atoms with E-state index in [-0.39, 0.29) is 11.5 Å². The highest BCUT2D eigenvalue weighted by atomic mass is 32.2. The van der Waals surface area contributed by atoms with Gasteiger partial charge in [0, 0.05) is 24.5 Å². The van der Waals surface area contributed by atoms with Crippen molar-refractivity contribution in [3.63, 3.8) is 0 Å². The number of piperidine rings is 1. The Labute approximate surface area is 140 Å². The van der Waals surface area contributed by atoms with Gasteiger partial charge in [-0.2, -0.15) is 0 Å². The molecule has 9 heteroatoms. The van der Waals surface area contributed by atoms with Crippen LogP contribution in [0.5, 0.6) is 0 Å². The summed E-state index contributed by atoms with van der Waals surface area (Å²) in [6.07, 6.45) is 5.03. The molecule has 1 unspecified atom stereocenters. The van der Waals surface area contributed by atoms with Crippen LogP contribution < -0.4 is 5.32 Å². The summed E-state index contributed by atoms with van der Waals surface area (Å²) in [4.78, 5) is 5.48. The third kappa shape index (κ3) is 3.67. The van der Waals surface area contributed by atoms with Crippen LogP contribution in [0.15, 0.2) is 6.20 Å². The quantitative estimate of drug-likeness (QED) is 0.908. The van der Waals surface area contributed by atoms with Gasteiger partial charge >= 0.3 is 0 Å². The van der Waals surface area contributed by atoms with Gasteiger partial charge in [-0.1, -0.05) is 32.1 Å².